The minimum atomic E-state index is -0.653. The molecule has 0 saturated heterocycles. The molecule has 156 valence electrons. The van der Waals surface area contributed by atoms with Crippen LogP contribution in [-0.4, -0.2) is 41.2 Å². The van der Waals surface area contributed by atoms with E-state index in [9.17, 15) is 14.4 Å². The van der Waals surface area contributed by atoms with E-state index in [1.807, 2.05) is 45.0 Å². The molecule has 3 amide bonds. The first-order valence-electron chi connectivity index (χ1n) is 10.0. The van der Waals surface area contributed by atoms with Crippen molar-refractivity contribution in [3.8, 4) is 0 Å². The fourth-order valence-corrected chi connectivity index (χ4v) is 4.56. The predicted molar refractivity (Wildman–Crippen MR) is 114 cm³/mol. The number of likely N-dealkylation sites (N-methyl/N-ethyl adjacent to an activating group) is 1. The number of carbonyl (C=O) groups excluding carboxylic acids is 3. The molecule has 4 rings (SSSR count). The molecule has 2 aliphatic rings. The van der Waals surface area contributed by atoms with Gasteiger partial charge in [0.15, 0.2) is 0 Å². The van der Waals surface area contributed by atoms with Crippen LogP contribution in [0.15, 0.2) is 30.5 Å². The van der Waals surface area contributed by atoms with Crippen molar-refractivity contribution in [3.63, 3.8) is 0 Å². The van der Waals surface area contributed by atoms with Gasteiger partial charge in [0.2, 0.25) is 17.7 Å². The Labute approximate surface area is 176 Å². The van der Waals surface area contributed by atoms with E-state index in [-0.39, 0.29) is 17.7 Å². The van der Waals surface area contributed by atoms with Gasteiger partial charge in [-0.15, -0.1) is 0 Å². The summed E-state index contributed by atoms with van der Waals surface area (Å²) in [5.41, 5.74) is 4.31. The molecule has 3 heterocycles. The number of hydrogen-bond donors (Lipinski definition) is 1. The Morgan fingerprint density at radius 3 is 2.70 bits per heavy atom. The van der Waals surface area contributed by atoms with Crippen molar-refractivity contribution in [1.82, 2.24) is 9.88 Å². The first-order valence-corrected chi connectivity index (χ1v) is 10.0. The Morgan fingerprint density at radius 2 is 2.00 bits per heavy atom. The molecule has 2 aromatic rings. The molecule has 7 heteroatoms. The number of nitrogens with zero attached hydrogens (tertiary/aromatic N) is 3. The van der Waals surface area contributed by atoms with Gasteiger partial charge >= 0.3 is 0 Å². The molecule has 0 saturated carbocycles. The second kappa shape index (κ2) is 6.93. The van der Waals surface area contributed by atoms with Gasteiger partial charge in [0.05, 0.1) is 22.7 Å². The van der Waals surface area contributed by atoms with E-state index in [0.29, 0.717) is 24.5 Å². The molecule has 1 aromatic heterocycles. The van der Waals surface area contributed by atoms with E-state index >= 15 is 0 Å². The van der Waals surface area contributed by atoms with Gasteiger partial charge in [0.1, 0.15) is 0 Å². The van der Waals surface area contributed by atoms with E-state index in [0.717, 1.165) is 22.4 Å². The predicted octanol–water partition coefficient (Wildman–Crippen LogP) is 2.73. The van der Waals surface area contributed by atoms with Gasteiger partial charge in [-0.3, -0.25) is 19.4 Å². The quantitative estimate of drug-likeness (QED) is 0.831. The Kier molecular flexibility index (Phi) is 4.64. The summed E-state index contributed by atoms with van der Waals surface area (Å²) < 4.78 is 0. The molecule has 0 aliphatic carbocycles. The third-order valence-electron chi connectivity index (χ3n) is 6.20. The summed E-state index contributed by atoms with van der Waals surface area (Å²) in [5.74, 6) is -0.800. The normalized spacial score (nSPS) is 19.4. The third-order valence-corrected chi connectivity index (χ3v) is 6.20. The van der Waals surface area contributed by atoms with Crippen molar-refractivity contribution in [1.29, 1.82) is 0 Å². The molecule has 0 fully saturated rings. The zero-order chi connectivity index (χ0) is 21.8. The SMILES string of the molecule is CC(=O)N1Cc2cccnc2C(C(=O)Nc2cc(C)c3c(c2)C(C)(C)C(=O)N3C)C1. The number of nitrogens with one attached hydrogen (secondary N) is 1. The summed E-state index contributed by atoms with van der Waals surface area (Å²) in [5, 5.41) is 3.00. The molecule has 0 spiro atoms. The van der Waals surface area contributed by atoms with Gasteiger partial charge in [0.25, 0.3) is 0 Å². The maximum absolute atomic E-state index is 13.2. The summed E-state index contributed by atoms with van der Waals surface area (Å²) in [7, 11) is 1.78. The number of hydrogen-bond acceptors (Lipinski definition) is 4. The van der Waals surface area contributed by atoms with E-state index in [1.165, 1.54) is 6.92 Å². The van der Waals surface area contributed by atoms with E-state index < -0.39 is 11.3 Å². The van der Waals surface area contributed by atoms with Crippen LogP contribution >= 0.6 is 0 Å². The van der Waals surface area contributed by atoms with E-state index in [2.05, 4.69) is 10.3 Å². The van der Waals surface area contributed by atoms with E-state index in [1.54, 1.807) is 23.0 Å². The van der Waals surface area contributed by atoms with Crippen LogP contribution in [0.4, 0.5) is 11.4 Å². The summed E-state index contributed by atoms with van der Waals surface area (Å²) in [6, 6.07) is 7.48. The Morgan fingerprint density at radius 1 is 1.27 bits per heavy atom. The number of fused-ring (bicyclic) bond motifs is 2. The smallest absolute Gasteiger partial charge is 0.236 e. The van der Waals surface area contributed by atoms with Crippen LogP contribution < -0.4 is 10.2 Å². The molecule has 1 atom stereocenters. The Bertz CT molecular complexity index is 1080. The zero-order valence-electron chi connectivity index (χ0n) is 17.9. The number of carbonyl (C=O) groups is 3. The van der Waals surface area contributed by atoms with Gasteiger partial charge in [-0.2, -0.15) is 0 Å². The van der Waals surface area contributed by atoms with Crippen LogP contribution in [0.2, 0.25) is 0 Å². The lowest BCUT2D eigenvalue weighted by Gasteiger charge is -2.32. The lowest BCUT2D eigenvalue weighted by atomic mass is 9.85. The van der Waals surface area contributed by atoms with E-state index in [4.69, 9.17) is 0 Å². The number of pyridine rings is 1. The highest BCUT2D eigenvalue weighted by molar-refractivity contribution is 6.09. The molecule has 2 aliphatic heterocycles. The van der Waals surface area contributed by atoms with Crippen LogP contribution in [0, 0.1) is 6.92 Å². The second-order valence-electron chi connectivity index (χ2n) is 8.67. The molecule has 30 heavy (non-hydrogen) atoms. The van der Waals surface area contributed by atoms with Crippen LogP contribution in [0.5, 0.6) is 0 Å². The Hall–Kier alpha value is -3.22. The number of anilines is 2. The van der Waals surface area contributed by atoms with Crippen LogP contribution in [0.3, 0.4) is 0 Å². The minimum absolute atomic E-state index is 0.0339. The van der Waals surface area contributed by atoms with Crippen molar-refractivity contribution >= 4 is 29.1 Å². The number of aryl methyl sites for hydroxylation is 1. The van der Waals surface area contributed by atoms with Gasteiger partial charge in [0, 0.05) is 38.9 Å². The fraction of sp³-hybridized carbons (Fsp3) is 0.391. The van der Waals surface area contributed by atoms with Crippen molar-refractivity contribution in [3.05, 3.63) is 52.8 Å². The van der Waals surface area contributed by atoms with Crippen molar-refractivity contribution in [2.45, 2.75) is 45.6 Å². The fourth-order valence-electron chi connectivity index (χ4n) is 4.56. The lowest BCUT2D eigenvalue weighted by molar-refractivity contribution is -0.131. The van der Waals surface area contributed by atoms with Crippen molar-refractivity contribution in [2.75, 3.05) is 23.8 Å². The standard InChI is InChI=1S/C23H26N4O3/c1-13-9-16(10-18-20(13)26(5)22(30)23(18,3)4)25-21(29)17-12-27(14(2)28)11-15-7-6-8-24-19(15)17/h6-10,17H,11-12H2,1-5H3,(H,25,29). The summed E-state index contributed by atoms with van der Waals surface area (Å²) >= 11 is 0. The maximum atomic E-state index is 13.2. The zero-order valence-corrected chi connectivity index (χ0v) is 17.9. The summed E-state index contributed by atoms with van der Waals surface area (Å²) in [6.07, 6.45) is 1.67. The van der Waals surface area contributed by atoms with Gasteiger partial charge in [-0.05, 0) is 55.7 Å². The lowest BCUT2D eigenvalue weighted by Crippen LogP contribution is -2.41. The molecule has 7 nitrogen and oxygen atoms in total. The molecule has 1 aromatic carbocycles. The summed E-state index contributed by atoms with van der Waals surface area (Å²) in [4.78, 5) is 45.6. The highest BCUT2D eigenvalue weighted by Gasteiger charge is 2.43. The van der Waals surface area contributed by atoms with Gasteiger partial charge in [-0.1, -0.05) is 6.07 Å². The number of rotatable bonds is 2. The first kappa shape index (κ1) is 20.1. The molecule has 1 N–H and O–H groups in total. The monoisotopic (exact) mass is 406 g/mol. The Balaban J connectivity index is 1.67. The summed E-state index contributed by atoms with van der Waals surface area (Å²) in [6.45, 7) is 8.00. The molecular formula is C23H26N4O3. The van der Waals surface area contributed by atoms with Crippen LogP contribution in [-0.2, 0) is 26.3 Å². The number of amides is 3. The first-order chi connectivity index (χ1) is 14.1. The average Bonchev–Trinajstić information content (AvgIpc) is 2.87. The highest BCUT2D eigenvalue weighted by Crippen LogP contribution is 2.44. The second-order valence-corrected chi connectivity index (χ2v) is 8.67. The molecular weight excluding hydrogens is 380 g/mol. The molecule has 0 bridgehead atoms. The topological polar surface area (TPSA) is 82.6 Å². The molecule has 0 radical (unpaired) electrons. The van der Waals surface area contributed by atoms with Gasteiger partial charge in [-0.25, -0.2) is 0 Å². The van der Waals surface area contributed by atoms with Gasteiger partial charge < -0.3 is 15.1 Å². The number of benzene rings is 1. The van der Waals surface area contributed by atoms with Crippen LogP contribution in [0.25, 0.3) is 0 Å². The maximum Gasteiger partial charge on any atom is 0.236 e. The highest BCUT2D eigenvalue weighted by atomic mass is 16.2. The number of aromatic nitrogens is 1. The van der Waals surface area contributed by atoms with Crippen molar-refractivity contribution < 1.29 is 14.4 Å². The van der Waals surface area contributed by atoms with Crippen molar-refractivity contribution in [2.24, 2.45) is 0 Å². The third kappa shape index (κ3) is 3.05. The average molecular weight is 406 g/mol. The van der Waals surface area contributed by atoms with Crippen LogP contribution in [0.1, 0.15) is 49.1 Å². The molecule has 1 unspecified atom stereocenters. The largest absolute Gasteiger partial charge is 0.337 e. The minimum Gasteiger partial charge on any atom is -0.337 e.